The van der Waals surface area contributed by atoms with Crippen LogP contribution < -0.4 is 14.8 Å². The molecule has 0 unspecified atom stereocenters. The lowest BCUT2D eigenvalue weighted by Crippen LogP contribution is -2.15. The molecule has 0 aromatic heterocycles. The van der Waals surface area contributed by atoms with Crippen molar-refractivity contribution in [2.24, 2.45) is 0 Å². The Balaban J connectivity index is 1.81. The standard InChI is InChI=1S/C19H23NO3/c1-3-15-9-11-16(12-10-15)23-14-13-19(21)20-17-7-5-6-8-18(17)22-4-2/h5-12H,3-4,13-14H2,1-2H3,(H,20,21). The normalized spacial score (nSPS) is 10.2. The highest BCUT2D eigenvalue weighted by Crippen LogP contribution is 2.23. The minimum atomic E-state index is -0.0951. The van der Waals surface area contributed by atoms with E-state index in [2.05, 4.69) is 12.2 Å². The van der Waals surface area contributed by atoms with Crippen LogP contribution in [0.25, 0.3) is 0 Å². The van der Waals surface area contributed by atoms with Gasteiger partial charge in [0.25, 0.3) is 0 Å². The van der Waals surface area contributed by atoms with Gasteiger partial charge < -0.3 is 14.8 Å². The minimum absolute atomic E-state index is 0.0951. The summed E-state index contributed by atoms with van der Waals surface area (Å²) in [6.45, 7) is 4.93. The molecule has 2 rings (SSSR count). The van der Waals surface area contributed by atoms with Crippen LogP contribution in [-0.4, -0.2) is 19.1 Å². The van der Waals surface area contributed by atoms with Crippen LogP contribution in [0.1, 0.15) is 25.8 Å². The van der Waals surface area contributed by atoms with E-state index >= 15 is 0 Å². The number of para-hydroxylation sites is 2. The van der Waals surface area contributed by atoms with Gasteiger partial charge in [-0.15, -0.1) is 0 Å². The number of hydrogen-bond donors (Lipinski definition) is 1. The van der Waals surface area contributed by atoms with Gasteiger partial charge in [0.15, 0.2) is 0 Å². The van der Waals surface area contributed by atoms with Crippen LogP contribution in [0.4, 0.5) is 5.69 Å². The molecule has 0 saturated carbocycles. The molecule has 1 amide bonds. The summed E-state index contributed by atoms with van der Waals surface area (Å²) in [5.41, 5.74) is 1.95. The number of nitrogens with one attached hydrogen (secondary N) is 1. The van der Waals surface area contributed by atoms with E-state index in [0.29, 0.717) is 24.7 Å². The molecule has 122 valence electrons. The summed E-state index contributed by atoms with van der Waals surface area (Å²) in [6.07, 6.45) is 1.29. The largest absolute Gasteiger partial charge is 0.493 e. The number of anilines is 1. The number of hydrogen-bond acceptors (Lipinski definition) is 3. The Kier molecular flexibility index (Phi) is 6.48. The van der Waals surface area contributed by atoms with Gasteiger partial charge in [0.05, 0.1) is 25.3 Å². The van der Waals surface area contributed by atoms with E-state index in [0.717, 1.165) is 12.2 Å². The Morgan fingerprint density at radius 1 is 1.00 bits per heavy atom. The molecule has 0 fully saturated rings. The van der Waals surface area contributed by atoms with Crippen LogP contribution in [0.3, 0.4) is 0 Å². The van der Waals surface area contributed by atoms with Gasteiger partial charge in [-0.1, -0.05) is 31.2 Å². The molecular formula is C19H23NO3. The summed E-state index contributed by atoms with van der Waals surface area (Å²) in [5, 5.41) is 2.86. The fourth-order valence-corrected chi connectivity index (χ4v) is 2.15. The number of benzene rings is 2. The third-order valence-electron chi connectivity index (χ3n) is 3.39. The molecule has 0 bridgehead atoms. The Bertz CT molecular complexity index is 623. The van der Waals surface area contributed by atoms with E-state index in [1.807, 2.05) is 55.5 Å². The van der Waals surface area contributed by atoms with Crippen molar-refractivity contribution in [1.82, 2.24) is 0 Å². The highest BCUT2D eigenvalue weighted by atomic mass is 16.5. The number of amides is 1. The average Bonchev–Trinajstić information content (AvgIpc) is 2.57. The van der Waals surface area contributed by atoms with Gasteiger partial charge in [-0.3, -0.25) is 4.79 Å². The smallest absolute Gasteiger partial charge is 0.227 e. The van der Waals surface area contributed by atoms with Crippen molar-refractivity contribution in [1.29, 1.82) is 0 Å². The van der Waals surface area contributed by atoms with E-state index in [9.17, 15) is 4.79 Å². The van der Waals surface area contributed by atoms with Crippen LogP contribution in [-0.2, 0) is 11.2 Å². The minimum Gasteiger partial charge on any atom is -0.493 e. The van der Waals surface area contributed by atoms with Gasteiger partial charge in [0.2, 0.25) is 5.91 Å². The number of ether oxygens (including phenoxy) is 2. The SMILES string of the molecule is CCOc1ccccc1NC(=O)CCOc1ccc(CC)cc1. The lowest BCUT2D eigenvalue weighted by Gasteiger charge is -2.11. The number of aryl methyl sites for hydroxylation is 1. The summed E-state index contributed by atoms with van der Waals surface area (Å²) in [7, 11) is 0. The molecule has 2 aromatic rings. The summed E-state index contributed by atoms with van der Waals surface area (Å²) in [6, 6.07) is 15.3. The zero-order valence-electron chi connectivity index (χ0n) is 13.7. The van der Waals surface area contributed by atoms with Crippen LogP contribution in [0.5, 0.6) is 11.5 Å². The summed E-state index contributed by atoms with van der Waals surface area (Å²) < 4.78 is 11.1. The number of rotatable bonds is 8. The third kappa shape index (κ3) is 5.33. The van der Waals surface area contributed by atoms with Crippen molar-refractivity contribution in [3.63, 3.8) is 0 Å². The summed E-state index contributed by atoms with van der Waals surface area (Å²) >= 11 is 0. The fourth-order valence-electron chi connectivity index (χ4n) is 2.15. The van der Waals surface area contributed by atoms with Crippen molar-refractivity contribution in [3.8, 4) is 11.5 Å². The zero-order valence-corrected chi connectivity index (χ0v) is 13.7. The fraction of sp³-hybridized carbons (Fsp3) is 0.316. The molecule has 0 saturated heterocycles. The maximum absolute atomic E-state index is 12.0. The van der Waals surface area contributed by atoms with Crippen molar-refractivity contribution in [3.05, 3.63) is 54.1 Å². The van der Waals surface area contributed by atoms with E-state index in [-0.39, 0.29) is 12.3 Å². The number of carbonyl (C=O) groups excluding carboxylic acids is 1. The first-order chi connectivity index (χ1) is 11.2. The van der Waals surface area contributed by atoms with Crippen molar-refractivity contribution >= 4 is 11.6 Å². The molecular weight excluding hydrogens is 290 g/mol. The molecule has 4 heteroatoms. The summed E-state index contributed by atoms with van der Waals surface area (Å²) in [5.74, 6) is 1.37. The van der Waals surface area contributed by atoms with E-state index in [1.165, 1.54) is 5.56 Å². The lowest BCUT2D eigenvalue weighted by atomic mass is 10.2. The first kappa shape index (κ1) is 16.9. The molecule has 0 spiro atoms. The molecule has 0 aliphatic rings. The highest BCUT2D eigenvalue weighted by molar-refractivity contribution is 5.92. The first-order valence-corrected chi connectivity index (χ1v) is 7.96. The second-order valence-corrected chi connectivity index (χ2v) is 5.07. The topological polar surface area (TPSA) is 47.6 Å². The molecule has 0 atom stereocenters. The maximum atomic E-state index is 12.0. The van der Waals surface area contributed by atoms with E-state index < -0.39 is 0 Å². The Morgan fingerprint density at radius 2 is 1.74 bits per heavy atom. The number of carbonyl (C=O) groups is 1. The highest BCUT2D eigenvalue weighted by Gasteiger charge is 2.07. The Morgan fingerprint density at radius 3 is 2.43 bits per heavy atom. The molecule has 2 aromatic carbocycles. The molecule has 0 aliphatic carbocycles. The Hall–Kier alpha value is -2.49. The monoisotopic (exact) mass is 313 g/mol. The maximum Gasteiger partial charge on any atom is 0.227 e. The molecule has 1 N–H and O–H groups in total. The third-order valence-corrected chi connectivity index (χ3v) is 3.39. The first-order valence-electron chi connectivity index (χ1n) is 7.96. The predicted octanol–water partition coefficient (Wildman–Crippen LogP) is 4.06. The second kappa shape index (κ2) is 8.83. The molecule has 0 radical (unpaired) electrons. The van der Waals surface area contributed by atoms with Crippen molar-refractivity contribution < 1.29 is 14.3 Å². The van der Waals surface area contributed by atoms with Crippen molar-refractivity contribution in [2.45, 2.75) is 26.7 Å². The van der Waals surface area contributed by atoms with Gasteiger partial charge in [-0.25, -0.2) is 0 Å². The van der Waals surface area contributed by atoms with Crippen molar-refractivity contribution in [2.75, 3.05) is 18.5 Å². The van der Waals surface area contributed by atoms with Crippen LogP contribution >= 0.6 is 0 Å². The predicted molar refractivity (Wildman–Crippen MR) is 92.2 cm³/mol. The molecule has 4 nitrogen and oxygen atoms in total. The van der Waals surface area contributed by atoms with Gasteiger partial charge in [-0.2, -0.15) is 0 Å². The van der Waals surface area contributed by atoms with Gasteiger partial charge in [-0.05, 0) is 43.2 Å². The molecule has 23 heavy (non-hydrogen) atoms. The molecule has 0 aliphatic heterocycles. The lowest BCUT2D eigenvalue weighted by molar-refractivity contribution is -0.116. The quantitative estimate of drug-likeness (QED) is 0.799. The van der Waals surface area contributed by atoms with Crippen LogP contribution in [0.15, 0.2) is 48.5 Å². The van der Waals surface area contributed by atoms with E-state index in [1.54, 1.807) is 0 Å². The molecule has 0 heterocycles. The summed E-state index contributed by atoms with van der Waals surface area (Å²) in [4.78, 5) is 12.0. The average molecular weight is 313 g/mol. The van der Waals surface area contributed by atoms with Gasteiger partial charge >= 0.3 is 0 Å². The van der Waals surface area contributed by atoms with Gasteiger partial charge in [0.1, 0.15) is 11.5 Å². The second-order valence-electron chi connectivity index (χ2n) is 5.07. The van der Waals surface area contributed by atoms with Crippen LogP contribution in [0.2, 0.25) is 0 Å². The van der Waals surface area contributed by atoms with Crippen LogP contribution in [0, 0.1) is 0 Å². The van der Waals surface area contributed by atoms with E-state index in [4.69, 9.17) is 9.47 Å². The Labute approximate surface area is 137 Å². The zero-order chi connectivity index (χ0) is 16.5. The van der Waals surface area contributed by atoms with Gasteiger partial charge in [0, 0.05) is 0 Å².